The molecule has 3 aliphatic heterocycles. The van der Waals surface area contributed by atoms with Crippen molar-refractivity contribution in [3.63, 3.8) is 0 Å². The lowest BCUT2D eigenvalue weighted by molar-refractivity contribution is 0.0517. The maximum atomic E-state index is 12.3. The Balaban J connectivity index is 1.57. The van der Waals surface area contributed by atoms with Crippen molar-refractivity contribution in [3.05, 3.63) is 28.2 Å². The lowest BCUT2D eigenvalue weighted by Crippen LogP contribution is -2.53. The molecule has 2 fully saturated rings. The van der Waals surface area contributed by atoms with E-state index in [-0.39, 0.29) is 5.56 Å². The van der Waals surface area contributed by atoms with E-state index in [4.69, 9.17) is 5.73 Å². The first-order valence-corrected chi connectivity index (χ1v) is 8.53. The molecule has 0 aliphatic carbocycles. The van der Waals surface area contributed by atoms with E-state index in [0.717, 1.165) is 25.7 Å². The van der Waals surface area contributed by atoms with Gasteiger partial charge < -0.3 is 15.2 Å². The molecule has 0 saturated carbocycles. The highest BCUT2D eigenvalue weighted by molar-refractivity contribution is 5.37. The average Bonchev–Trinajstić information content (AvgIpc) is 2.52. The first kappa shape index (κ1) is 14.3. The van der Waals surface area contributed by atoms with Crippen LogP contribution in [-0.4, -0.2) is 53.6 Å². The summed E-state index contributed by atoms with van der Waals surface area (Å²) in [6.45, 7) is 5.52. The number of nitrogen functional groups attached to an aromatic ring is 1. The molecule has 4 rings (SSSR count). The van der Waals surface area contributed by atoms with Crippen molar-refractivity contribution in [2.75, 3.05) is 39.0 Å². The number of hydrogen-bond acceptors (Lipinski definition) is 4. The molecule has 0 unspecified atom stereocenters. The molecule has 0 radical (unpaired) electrons. The normalized spacial score (nSPS) is 30.2. The van der Waals surface area contributed by atoms with Crippen molar-refractivity contribution < 1.29 is 0 Å². The Morgan fingerprint density at radius 2 is 1.91 bits per heavy atom. The number of pyridine rings is 1. The van der Waals surface area contributed by atoms with Crippen molar-refractivity contribution in [1.82, 2.24) is 14.4 Å². The summed E-state index contributed by atoms with van der Waals surface area (Å²) in [6, 6.07) is 4.60. The molecule has 3 aliphatic rings. The average molecular weight is 302 g/mol. The summed E-state index contributed by atoms with van der Waals surface area (Å²) < 4.78 is 1.94. The topological polar surface area (TPSA) is 54.5 Å². The van der Waals surface area contributed by atoms with Gasteiger partial charge in [-0.3, -0.25) is 9.69 Å². The summed E-state index contributed by atoms with van der Waals surface area (Å²) in [5, 5.41) is 0. The van der Waals surface area contributed by atoms with Gasteiger partial charge in [-0.1, -0.05) is 0 Å². The Hall–Kier alpha value is -1.33. The van der Waals surface area contributed by atoms with Crippen molar-refractivity contribution in [3.8, 4) is 0 Å². The summed E-state index contributed by atoms with van der Waals surface area (Å²) >= 11 is 0. The third-order valence-corrected chi connectivity index (χ3v) is 5.87. The summed E-state index contributed by atoms with van der Waals surface area (Å²) in [4.78, 5) is 17.4. The van der Waals surface area contributed by atoms with Gasteiger partial charge in [0, 0.05) is 37.3 Å². The number of nitrogens with two attached hydrogens (primary N) is 1. The molecule has 1 aromatic rings. The smallest absolute Gasteiger partial charge is 0.273 e. The van der Waals surface area contributed by atoms with E-state index in [2.05, 4.69) is 22.9 Å². The maximum Gasteiger partial charge on any atom is 0.273 e. The number of piperidine rings is 2. The fourth-order valence-corrected chi connectivity index (χ4v) is 4.66. The number of fused-ring (bicyclic) bond motifs is 4. The molecule has 1 aromatic heterocycles. The van der Waals surface area contributed by atoms with Crippen LogP contribution >= 0.6 is 0 Å². The second-order valence-electron chi connectivity index (χ2n) is 7.42. The zero-order valence-electron chi connectivity index (χ0n) is 13.4. The van der Waals surface area contributed by atoms with Crippen molar-refractivity contribution in [2.45, 2.75) is 37.8 Å². The van der Waals surface area contributed by atoms with Crippen LogP contribution in [0.4, 0.5) is 5.69 Å². The Morgan fingerprint density at radius 1 is 1.14 bits per heavy atom. The molecule has 22 heavy (non-hydrogen) atoms. The summed E-state index contributed by atoms with van der Waals surface area (Å²) in [5.41, 5.74) is 7.40. The molecular formula is C17H26N4O. The molecule has 120 valence electrons. The van der Waals surface area contributed by atoms with Crippen LogP contribution in [0, 0.1) is 5.92 Å². The second-order valence-corrected chi connectivity index (χ2v) is 7.42. The van der Waals surface area contributed by atoms with Crippen LogP contribution < -0.4 is 11.3 Å². The monoisotopic (exact) mass is 302 g/mol. The van der Waals surface area contributed by atoms with Crippen LogP contribution in [-0.2, 0) is 6.54 Å². The molecule has 5 nitrogen and oxygen atoms in total. The quantitative estimate of drug-likeness (QED) is 0.839. The maximum absolute atomic E-state index is 12.3. The first-order chi connectivity index (χ1) is 10.6. The summed E-state index contributed by atoms with van der Waals surface area (Å²) in [7, 11) is 2.22. The fourth-order valence-electron chi connectivity index (χ4n) is 4.66. The summed E-state index contributed by atoms with van der Waals surface area (Å²) in [5.74, 6) is 1.10. The van der Waals surface area contributed by atoms with Crippen LogP contribution in [0.1, 0.15) is 30.9 Å². The molecule has 5 heteroatoms. The highest BCUT2D eigenvalue weighted by atomic mass is 16.1. The van der Waals surface area contributed by atoms with E-state index < -0.39 is 0 Å². The third kappa shape index (κ3) is 2.36. The number of rotatable bonds is 1. The van der Waals surface area contributed by atoms with Crippen LogP contribution in [0.2, 0.25) is 0 Å². The van der Waals surface area contributed by atoms with Gasteiger partial charge >= 0.3 is 0 Å². The number of likely N-dealkylation sites (tertiary alicyclic amines) is 2. The Morgan fingerprint density at radius 3 is 2.68 bits per heavy atom. The van der Waals surface area contributed by atoms with Crippen LogP contribution in [0.25, 0.3) is 0 Å². The zero-order chi connectivity index (χ0) is 15.3. The lowest BCUT2D eigenvalue weighted by Gasteiger charge is -2.47. The second kappa shape index (κ2) is 5.39. The van der Waals surface area contributed by atoms with E-state index in [1.54, 1.807) is 6.07 Å². The Bertz CT molecular complexity index is 618. The standard InChI is InChI=1S/C17H26N4O/c1-19-6-4-14(5-7-19)20-9-12-8-13(11-20)16-3-2-15(18)17(22)21(16)10-12/h2-3,12-14H,4-11,18H2,1H3/t12-,13-/m1/s1. The zero-order valence-corrected chi connectivity index (χ0v) is 13.4. The Kier molecular flexibility index (Phi) is 3.50. The van der Waals surface area contributed by atoms with Gasteiger partial charge in [-0.15, -0.1) is 0 Å². The number of nitrogens with zero attached hydrogens (tertiary/aromatic N) is 3. The van der Waals surface area contributed by atoms with Crippen LogP contribution in [0.3, 0.4) is 0 Å². The highest BCUT2D eigenvalue weighted by Gasteiger charge is 2.37. The molecule has 4 heterocycles. The van der Waals surface area contributed by atoms with Crippen molar-refractivity contribution in [1.29, 1.82) is 0 Å². The van der Waals surface area contributed by atoms with Gasteiger partial charge in [-0.25, -0.2) is 0 Å². The molecule has 2 saturated heterocycles. The van der Waals surface area contributed by atoms with E-state index in [1.807, 2.05) is 4.57 Å². The van der Waals surface area contributed by atoms with Gasteiger partial charge in [0.2, 0.25) is 0 Å². The van der Waals surface area contributed by atoms with Gasteiger partial charge in [0.25, 0.3) is 5.56 Å². The SMILES string of the molecule is CN1CCC(N2C[C@H]3C[C@H](C2)c2ccc(N)c(=O)n2C3)CC1. The van der Waals surface area contributed by atoms with Gasteiger partial charge in [0.05, 0.1) is 5.69 Å². The number of hydrogen-bond donors (Lipinski definition) is 1. The van der Waals surface area contributed by atoms with Gasteiger partial charge in [-0.05, 0) is 57.5 Å². The molecule has 2 atom stereocenters. The molecule has 0 amide bonds. The predicted octanol–water partition coefficient (Wildman–Crippen LogP) is 0.944. The number of aromatic nitrogens is 1. The lowest BCUT2D eigenvalue weighted by atomic mass is 9.82. The Labute approximate surface area is 131 Å². The van der Waals surface area contributed by atoms with E-state index in [1.165, 1.54) is 38.0 Å². The van der Waals surface area contributed by atoms with Crippen molar-refractivity contribution >= 4 is 5.69 Å². The van der Waals surface area contributed by atoms with E-state index in [9.17, 15) is 4.79 Å². The number of anilines is 1. The van der Waals surface area contributed by atoms with E-state index in [0.29, 0.717) is 17.5 Å². The van der Waals surface area contributed by atoms with Crippen LogP contribution in [0.5, 0.6) is 0 Å². The minimum absolute atomic E-state index is 0.0138. The minimum Gasteiger partial charge on any atom is -0.394 e. The van der Waals surface area contributed by atoms with Gasteiger partial charge in [0.1, 0.15) is 0 Å². The third-order valence-electron chi connectivity index (χ3n) is 5.87. The molecule has 0 spiro atoms. The first-order valence-electron chi connectivity index (χ1n) is 8.53. The largest absolute Gasteiger partial charge is 0.394 e. The molecular weight excluding hydrogens is 276 g/mol. The van der Waals surface area contributed by atoms with Crippen molar-refractivity contribution in [2.24, 2.45) is 5.92 Å². The van der Waals surface area contributed by atoms with E-state index >= 15 is 0 Å². The van der Waals surface area contributed by atoms with Gasteiger partial charge in [-0.2, -0.15) is 0 Å². The summed E-state index contributed by atoms with van der Waals surface area (Å²) in [6.07, 6.45) is 3.79. The predicted molar refractivity (Wildman–Crippen MR) is 88.1 cm³/mol. The molecule has 2 N–H and O–H groups in total. The van der Waals surface area contributed by atoms with Gasteiger partial charge in [0.15, 0.2) is 0 Å². The highest BCUT2D eigenvalue weighted by Crippen LogP contribution is 2.37. The molecule has 0 aromatic carbocycles. The minimum atomic E-state index is 0.0138. The fraction of sp³-hybridized carbons (Fsp3) is 0.706. The molecule has 2 bridgehead atoms. The van der Waals surface area contributed by atoms with Crippen LogP contribution in [0.15, 0.2) is 16.9 Å².